The van der Waals surface area contributed by atoms with Crippen molar-refractivity contribution in [3.8, 4) is 5.75 Å². The Kier molecular flexibility index (Phi) is 2.89. The highest BCUT2D eigenvalue weighted by atomic mass is 19.1. The van der Waals surface area contributed by atoms with Gasteiger partial charge in [-0.3, -0.25) is 0 Å². The molecule has 1 fully saturated rings. The molecule has 3 heteroatoms. The first-order valence-electron chi connectivity index (χ1n) is 5.66. The van der Waals surface area contributed by atoms with Crippen molar-refractivity contribution in [3.63, 3.8) is 0 Å². The molecule has 2 nitrogen and oxygen atoms in total. The van der Waals surface area contributed by atoms with E-state index in [0.29, 0.717) is 12.2 Å². The van der Waals surface area contributed by atoms with Crippen molar-refractivity contribution in [2.24, 2.45) is 5.41 Å². The summed E-state index contributed by atoms with van der Waals surface area (Å²) in [5.74, 6) is 0.243. The van der Waals surface area contributed by atoms with E-state index in [9.17, 15) is 9.50 Å². The molecule has 1 aliphatic carbocycles. The van der Waals surface area contributed by atoms with Crippen LogP contribution in [-0.4, -0.2) is 17.3 Å². The molecule has 0 bridgehead atoms. The lowest BCUT2D eigenvalue weighted by Gasteiger charge is -2.50. The number of benzene rings is 1. The van der Waals surface area contributed by atoms with Gasteiger partial charge in [0.05, 0.1) is 6.10 Å². The minimum Gasteiger partial charge on any atom is -0.490 e. The number of rotatable bonds is 3. The van der Waals surface area contributed by atoms with Crippen molar-refractivity contribution in [1.29, 1.82) is 0 Å². The molecule has 1 saturated carbocycles. The molecule has 2 rings (SSSR count). The minimum atomic E-state index is -0.309. The minimum absolute atomic E-state index is 0.0192. The highest BCUT2D eigenvalue weighted by molar-refractivity contribution is 5.23. The number of hydrogen-bond donors (Lipinski definition) is 1. The third kappa shape index (κ3) is 1.80. The van der Waals surface area contributed by atoms with Crippen LogP contribution < -0.4 is 4.74 Å². The molecule has 0 aromatic heterocycles. The molecule has 0 aliphatic heterocycles. The zero-order valence-corrected chi connectivity index (χ0v) is 9.61. The summed E-state index contributed by atoms with van der Waals surface area (Å²) in [7, 11) is 0. The van der Waals surface area contributed by atoms with Crippen LogP contribution in [0.1, 0.15) is 26.7 Å². The van der Waals surface area contributed by atoms with Crippen molar-refractivity contribution in [2.75, 3.05) is 0 Å². The maximum Gasteiger partial charge on any atom is 0.126 e. The average molecular weight is 224 g/mol. The third-order valence-electron chi connectivity index (χ3n) is 3.77. The van der Waals surface area contributed by atoms with Crippen LogP contribution >= 0.6 is 0 Å². The Balaban J connectivity index is 2.06. The SMILES string of the molecule is CCC1(C)C(O)CC1Oc1cccc(F)c1. The second-order valence-corrected chi connectivity index (χ2v) is 4.67. The summed E-state index contributed by atoms with van der Waals surface area (Å²) in [6.07, 6.45) is 1.15. The van der Waals surface area contributed by atoms with Crippen LogP contribution in [0.2, 0.25) is 0 Å². The van der Waals surface area contributed by atoms with E-state index < -0.39 is 0 Å². The highest BCUT2D eigenvalue weighted by Gasteiger charge is 2.51. The van der Waals surface area contributed by atoms with Crippen LogP contribution in [0.15, 0.2) is 24.3 Å². The lowest BCUT2D eigenvalue weighted by Crippen LogP contribution is -2.57. The molecule has 0 heterocycles. The first-order chi connectivity index (χ1) is 7.56. The van der Waals surface area contributed by atoms with Crippen molar-refractivity contribution in [3.05, 3.63) is 30.1 Å². The summed E-state index contributed by atoms with van der Waals surface area (Å²) < 4.78 is 18.7. The quantitative estimate of drug-likeness (QED) is 0.855. The zero-order chi connectivity index (χ0) is 11.8. The van der Waals surface area contributed by atoms with E-state index in [2.05, 4.69) is 0 Å². The van der Waals surface area contributed by atoms with Gasteiger partial charge >= 0.3 is 0 Å². The maximum absolute atomic E-state index is 13.0. The summed E-state index contributed by atoms with van der Waals surface area (Å²) in [6.45, 7) is 4.04. The first-order valence-corrected chi connectivity index (χ1v) is 5.66. The summed E-state index contributed by atoms with van der Waals surface area (Å²) in [5, 5.41) is 9.72. The number of hydrogen-bond acceptors (Lipinski definition) is 2. The fourth-order valence-electron chi connectivity index (χ4n) is 2.15. The van der Waals surface area contributed by atoms with Gasteiger partial charge in [0.15, 0.2) is 0 Å². The van der Waals surface area contributed by atoms with Gasteiger partial charge in [0.25, 0.3) is 0 Å². The van der Waals surface area contributed by atoms with Crippen molar-refractivity contribution in [2.45, 2.75) is 38.9 Å². The molecule has 1 N–H and O–H groups in total. The zero-order valence-electron chi connectivity index (χ0n) is 9.61. The fraction of sp³-hybridized carbons (Fsp3) is 0.538. The van der Waals surface area contributed by atoms with Gasteiger partial charge in [-0.1, -0.05) is 19.9 Å². The first kappa shape index (κ1) is 11.4. The van der Waals surface area contributed by atoms with E-state index in [4.69, 9.17) is 4.74 Å². The number of ether oxygens (including phenoxy) is 1. The second-order valence-electron chi connectivity index (χ2n) is 4.67. The van der Waals surface area contributed by atoms with Gasteiger partial charge < -0.3 is 9.84 Å². The van der Waals surface area contributed by atoms with E-state index in [1.807, 2.05) is 13.8 Å². The molecule has 0 saturated heterocycles. The van der Waals surface area contributed by atoms with Gasteiger partial charge in [-0.15, -0.1) is 0 Å². The predicted octanol–water partition coefficient (Wildman–Crippen LogP) is 2.75. The van der Waals surface area contributed by atoms with Gasteiger partial charge in [0.2, 0.25) is 0 Å². The lowest BCUT2D eigenvalue weighted by atomic mass is 9.63. The largest absolute Gasteiger partial charge is 0.490 e. The van der Waals surface area contributed by atoms with Crippen molar-refractivity contribution < 1.29 is 14.2 Å². The van der Waals surface area contributed by atoms with E-state index in [1.165, 1.54) is 12.1 Å². The molecule has 1 aromatic rings. The number of aliphatic hydroxyl groups is 1. The lowest BCUT2D eigenvalue weighted by molar-refractivity contribution is -0.147. The van der Waals surface area contributed by atoms with Crippen LogP contribution in [-0.2, 0) is 0 Å². The van der Waals surface area contributed by atoms with Gasteiger partial charge in [-0.25, -0.2) is 4.39 Å². The standard InChI is InChI=1S/C13H17FO2/c1-3-13(2)11(15)8-12(13)16-10-6-4-5-9(14)7-10/h4-7,11-12,15H,3,8H2,1-2H3. The van der Waals surface area contributed by atoms with Gasteiger partial charge in [-0.05, 0) is 18.6 Å². The Morgan fingerprint density at radius 1 is 1.56 bits per heavy atom. The van der Waals surface area contributed by atoms with E-state index in [0.717, 1.165) is 6.42 Å². The predicted molar refractivity (Wildman–Crippen MR) is 59.8 cm³/mol. The molecule has 3 unspecified atom stereocenters. The van der Waals surface area contributed by atoms with Crippen molar-refractivity contribution >= 4 is 0 Å². The Morgan fingerprint density at radius 3 is 2.88 bits per heavy atom. The Morgan fingerprint density at radius 2 is 2.31 bits per heavy atom. The van der Waals surface area contributed by atoms with Crippen LogP contribution in [0.25, 0.3) is 0 Å². The molecule has 16 heavy (non-hydrogen) atoms. The topological polar surface area (TPSA) is 29.5 Å². The maximum atomic E-state index is 13.0. The normalized spacial score (nSPS) is 33.2. The summed E-state index contributed by atoms with van der Waals surface area (Å²) >= 11 is 0. The van der Waals surface area contributed by atoms with Gasteiger partial charge in [0, 0.05) is 17.9 Å². The van der Waals surface area contributed by atoms with E-state index in [1.54, 1.807) is 12.1 Å². The average Bonchev–Trinajstić information content (AvgIpc) is 2.27. The number of aliphatic hydroxyl groups excluding tert-OH is 1. The van der Waals surface area contributed by atoms with Crippen LogP contribution in [0.4, 0.5) is 4.39 Å². The Labute approximate surface area is 95.1 Å². The summed E-state index contributed by atoms with van der Waals surface area (Å²) in [4.78, 5) is 0. The van der Waals surface area contributed by atoms with E-state index in [-0.39, 0.29) is 23.4 Å². The van der Waals surface area contributed by atoms with Gasteiger partial charge in [-0.2, -0.15) is 0 Å². The second kappa shape index (κ2) is 4.06. The van der Waals surface area contributed by atoms with Crippen LogP contribution in [0.3, 0.4) is 0 Å². The summed E-state index contributed by atoms with van der Waals surface area (Å²) in [6, 6.07) is 6.13. The van der Waals surface area contributed by atoms with Crippen molar-refractivity contribution in [1.82, 2.24) is 0 Å². The molecular weight excluding hydrogens is 207 g/mol. The molecule has 3 atom stereocenters. The van der Waals surface area contributed by atoms with Crippen LogP contribution in [0, 0.1) is 11.2 Å². The molecule has 0 radical (unpaired) electrons. The van der Waals surface area contributed by atoms with E-state index >= 15 is 0 Å². The molecule has 1 aliphatic rings. The monoisotopic (exact) mass is 224 g/mol. The molecule has 0 spiro atoms. The Bertz CT molecular complexity index is 380. The molecular formula is C13H17FO2. The highest BCUT2D eigenvalue weighted by Crippen LogP contribution is 2.45. The fourth-order valence-corrected chi connectivity index (χ4v) is 2.15. The molecule has 1 aromatic carbocycles. The Hall–Kier alpha value is -1.09. The van der Waals surface area contributed by atoms with Gasteiger partial charge in [0.1, 0.15) is 17.7 Å². The number of halogens is 1. The molecule has 88 valence electrons. The molecule has 0 amide bonds. The van der Waals surface area contributed by atoms with Crippen LogP contribution in [0.5, 0.6) is 5.75 Å². The third-order valence-corrected chi connectivity index (χ3v) is 3.77. The summed E-state index contributed by atoms with van der Waals surface area (Å²) in [5.41, 5.74) is -0.202. The smallest absolute Gasteiger partial charge is 0.126 e.